The Bertz CT molecular complexity index is 1300. The molecule has 0 radical (unpaired) electrons. The molecule has 1 aliphatic heterocycles. The average molecular weight is 459 g/mol. The van der Waals surface area contributed by atoms with Gasteiger partial charge in [-0.05, 0) is 42.5 Å². The van der Waals surface area contributed by atoms with Crippen LogP contribution in [-0.2, 0) is 19.6 Å². The van der Waals surface area contributed by atoms with Crippen LogP contribution in [0.1, 0.15) is 23.2 Å². The number of rotatable bonds is 5. The Kier molecular flexibility index (Phi) is 5.33. The average Bonchev–Trinajstić information content (AvgIpc) is 3.29. The van der Waals surface area contributed by atoms with E-state index in [4.69, 9.17) is 0 Å². The third kappa shape index (κ3) is 3.94. The highest BCUT2D eigenvalue weighted by Gasteiger charge is 2.30. The van der Waals surface area contributed by atoms with E-state index in [9.17, 15) is 22.8 Å². The summed E-state index contributed by atoms with van der Waals surface area (Å²) in [5.74, 6) is -0.925. The van der Waals surface area contributed by atoms with Crippen molar-refractivity contribution < 1.29 is 22.8 Å². The van der Waals surface area contributed by atoms with Crippen molar-refractivity contribution in [2.45, 2.75) is 17.7 Å². The van der Waals surface area contributed by atoms with Gasteiger partial charge in [0.05, 0.1) is 20.8 Å². The van der Waals surface area contributed by atoms with Gasteiger partial charge in [-0.2, -0.15) is 0 Å². The molecule has 0 spiro atoms. The van der Waals surface area contributed by atoms with Crippen molar-refractivity contribution in [1.29, 1.82) is 0 Å². The van der Waals surface area contributed by atoms with Crippen molar-refractivity contribution in [3.05, 3.63) is 48.0 Å². The highest BCUT2D eigenvalue weighted by atomic mass is 32.2. The summed E-state index contributed by atoms with van der Waals surface area (Å²) in [6, 6.07) is 10.7. The van der Waals surface area contributed by atoms with E-state index in [1.807, 2.05) is 0 Å². The van der Waals surface area contributed by atoms with Crippen molar-refractivity contribution in [1.82, 2.24) is 9.29 Å². The number of sulfonamides is 1. The van der Waals surface area contributed by atoms with Gasteiger partial charge in [0.2, 0.25) is 21.8 Å². The monoisotopic (exact) mass is 458 g/mol. The van der Waals surface area contributed by atoms with Gasteiger partial charge in [-0.3, -0.25) is 24.6 Å². The predicted octanol–water partition coefficient (Wildman–Crippen LogP) is 2.45. The van der Waals surface area contributed by atoms with E-state index < -0.39 is 15.9 Å². The zero-order chi connectivity index (χ0) is 22.3. The van der Waals surface area contributed by atoms with Crippen LogP contribution in [0, 0.1) is 0 Å². The highest BCUT2D eigenvalue weighted by molar-refractivity contribution is 7.89. The zero-order valence-electron chi connectivity index (χ0n) is 16.7. The molecule has 3 aromatic rings. The number of carbonyl (C=O) groups is 3. The number of fused-ring (bicyclic) bond motifs is 1. The van der Waals surface area contributed by atoms with Crippen molar-refractivity contribution >= 4 is 60.1 Å². The van der Waals surface area contributed by atoms with Gasteiger partial charge >= 0.3 is 0 Å². The van der Waals surface area contributed by atoms with Crippen LogP contribution in [0.2, 0.25) is 0 Å². The van der Waals surface area contributed by atoms with Gasteiger partial charge in [-0.25, -0.2) is 17.7 Å². The molecule has 1 N–H and O–H groups in total. The van der Waals surface area contributed by atoms with Crippen LogP contribution in [0.4, 0.5) is 10.8 Å². The number of benzene rings is 2. The third-order valence-electron chi connectivity index (χ3n) is 4.80. The maximum Gasteiger partial charge on any atom is 0.257 e. The summed E-state index contributed by atoms with van der Waals surface area (Å²) in [5, 5.41) is 3.02. The number of nitrogens with one attached hydrogen (secondary N) is 1. The Morgan fingerprint density at radius 2 is 1.71 bits per heavy atom. The first-order valence-corrected chi connectivity index (χ1v) is 11.5. The third-order valence-corrected chi connectivity index (χ3v) is 7.54. The fourth-order valence-electron chi connectivity index (χ4n) is 3.13. The predicted molar refractivity (Wildman–Crippen MR) is 117 cm³/mol. The number of carbonyl (C=O) groups excluding carboxylic acids is 3. The van der Waals surface area contributed by atoms with E-state index in [0.717, 1.165) is 20.5 Å². The second-order valence-corrected chi connectivity index (χ2v) is 10.2. The molecule has 4 rings (SSSR count). The SMILES string of the molecule is CN(C)S(=O)(=O)c1ccc2nc(NC(=O)c3ccc(N4C(=O)CCC4=O)cc3)sc2c1. The molecular formula is C20H18N4O5S2. The lowest BCUT2D eigenvalue weighted by molar-refractivity contribution is -0.121. The fourth-order valence-corrected chi connectivity index (χ4v) is 5.03. The van der Waals surface area contributed by atoms with Gasteiger partial charge in [-0.15, -0.1) is 0 Å². The number of aromatic nitrogens is 1. The quantitative estimate of drug-likeness (QED) is 0.587. The highest BCUT2D eigenvalue weighted by Crippen LogP contribution is 2.29. The minimum Gasteiger partial charge on any atom is -0.298 e. The van der Waals surface area contributed by atoms with Crippen molar-refractivity contribution in [3.8, 4) is 0 Å². The molecular weight excluding hydrogens is 440 g/mol. The Morgan fingerprint density at radius 1 is 1.06 bits per heavy atom. The standard InChI is InChI=1S/C20H18N4O5S2/c1-23(2)31(28,29)14-7-8-15-16(11-14)30-20(21-15)22-19(27)12-3-5-13(6-4-12)24-17(25)9-10-18(24)26/h3-8,11H,9-10H2,1-2H3,(H,21,22,27). The van der Waals surface area contributed by atoms with E-state index in [-0.39, 0.29) is 29.6 Å². The van der Waals surface area contributed by atoms with Gasteiger partial charge in [0.15, 0.2) is 5.13 Å². The molecule has 1 fully saturated rings. The molecule has 3 amide bonds. The molecule has 1 saturated heterocycles. The van der Waals surface area contributed by atoms with Crippen LogP contribution in [0.15, 0.2) is 47.4 Å². The lowest BCUT2D eigenvalue weighted by Gasteiger charge is -2.13. The second-order valence-electron chi connectivity index (χ2n) is 7.06. The molecule has 2 aromatic carbocycles. The summed E-state index contributed by atoms with van der Waals surface area (Å²) in [6.07, 6.45) is 0.381. The molecule has 0 unspecified atom stereocenters. The van der Waals surface area contributed by atoms with Crippen LogP contribution in [0.3, 0.4) is 0 Å². The molecule has 1 aliphatic rings. The molecule has 9 nitrogen and oxygen atoms in total. The molecule has 160 valence electrons. The molecule has 0 saturated carbocycles. The van der Waals surface area contributed by atoms with Gasteiger partial charge < -0.3 is 0 Å². The Morgan fingerprint density at radius 3 is 2.32 bits per heavy atom. The van der Waals surface area contributed by atoms with Gasteiger partial charge in [0, 0.05) is 32.5 Å². The first kappa shape index (κ1) is 21.1. The van der Waals surface area contributed by atoms with E-state index >= 15 is 0 Å². The number of imide groups is 1. The lowest BCUT2D eigenvalue weighted by Crippen LogP contribution is -2.28. The minimum absolute atomic E-state index is 0.146. The molecule has 0 aliphatic carbocycles. The first-order chi connectivity index (χ1) is 14.7. The second kappa shape index (κ2) is 7.84. The normalized spacial score (nSPS) is 14.6. The molecule has 0 bridgehead atoms. The summed E-state index contributed by atoms with van der Waals surface area (Å²) in [6.45, 7) is 0. The molecule has 2 heterocycles. The summed E-state index contributed by atoms with van der Waals surface area (Å²) < 4.78 is 26.4. The molecule has 11 heteroatoms. The van der Waals surface area contributed by atoms with Crippen molar-refractivity contribution in [2.24, 2.45) is 0 Å². The summed E-state index contributed by atoms with van der Waals surface area (Å²) >= 11 is 1.16. The van der Waals surface area contributed by atoms with Crippen LogP contribution in [-0.4, -0.2) is 49.5 Å². The smallest absolute Gasteiger partial charge is 0.257 e. The number of anilines is 2. The summed E-state index contributed by atoms with van der Waals surface area (Å²) in [5.41, 5.74) is 1.33. The number of nitrogens with zero attached hydrogens (tertiary/aromatic N) is 3. The molecule has 0 atom stereocenters. The van der Waals surface area contributed by atoms with E-state index in [0.29, 0.717) is 26.6 Å². The largest absolute Gasteiger partial charge is 0.298 e. The van der Waals surface area contributed by atoms with E-state index in [1.54, 1.807) is 18.2 Å². The van der Waals surface area contributed by atoms with Crippen LogP contribution >= 0.6 is 11.3 Å². The van der Waals surface area contributed by atoms with Crippen LogP contribution in [0.25, 0.3) is 10.2 Å². The van der Waals surface area contributed by atoms with Gasteiger partial charge in [-0.1, -0.05) is 11.3 Å². The first-order valence-electron chi connectivity index (χ1n) is 9.27. The number of hydrogen-bond acceptors (Lipinski definition) is 7. The Balaban J connectivity index is 1.53. The van der Waals surface area contributed by atoms with Crippen LogP contribution in [0.5, 0.6) is 0 Å². The van der Waals surface area contributed by atoms with Crippen molar-refractivity contribution in [3.63, 3.8) is 0 Å². The molecule has 1 aromatic heterocycles. The van der Waals surface area contributed by atoms with Crippen LogP contribution < -0.4 is 10.2 Å². The zero-order valence-corrected chi connectivity index (χ0v) is 18.3. The Labute approximate surface area is 182 Å². The van der Waals surface area contributed by atoms with Gasteiger partial charge in [0.1, 0.15) is 0 Å². The maximum atomic E-state index is 12.6. The van der Waals surface area contributed by atoms with Gasteiger partial charge in [0.25, 0.3) is 5.91 Å². The number of thiazole rings is 1. The maximum absolute atomic E-state index is 12.6. The number of amides is 3. The lowest BCUT2D eigenvalue weighted by atomic mass is 10.2. The van der Waals surface area contributed by atoms with Crippen molar-refractivity contribution in [2.75, 3.05) is 24.3 Å². The number of hydrogen-bond donors (Lipinski definition) is 1. The Hall–Kier alpha value is -3.15. The summed E-state index contributed by atoms with van der Waals surface area (Å²) in [7, 11) is -0.657. The van der Waals surface area contributed by atoms with E-state index in [1.165, 1.54) is 38.4 Å². The van der Waals surface area contributed by atoms with E-state index in [2.05, 4.69) is 10.3 Å². The minimum atomic E-state index is -3.57. The molecule has 31 heavy (non-hydrogen) atoms. The summed E-state index contributed by atoms with van der Waals surface area (Å²) in [4.78, 5) is 41.8. The fraction of sp³-hybridized carbons (Fsp3) is 0.200. The topological polar surface area (TPSA) is 117 Å².